The predicted molar refractivity (Wildman–Crippen MR) is 51.3 cm³/mol. The lowest BCUT2D eigenvalue weighted by molar-refractivity contribution is -0.139. The van der Waals surface area contributed by atoms with E-state index in [4.69, 9.17) is 5.11 Å². The molecule has 0 saturated carbocycles. The van der Waals surface area contributed by atoms with Gasteiger partial charge in [-0.3, -0.25) is 9.78 Å². The Morgan fingerprint density at radius 1 is 1.71 bits per heavy atom. The summed E-state index contributed by atoms with van der Waals surface area (Å²) in [6.07, 6.45) is 1.77. The predicted octanol–water partition coefficient (Wildman–Crippen LogP) is 0.736. The van der Waals surface area contributed by atoms with Crippen LogP contribution in [0.3, 0.4) is 0 Å². The Bertz CT molecular complexity index is 323. The van der Waals surface area contributed by atoms with Crippen molar-refractivity contribution in [3.63, 3.8) is 0 Å². The van der Waals surface area contributed by atoms with Gasteiger partial charge in [-0.05, 0) is 6.42 Å². The maximum absolute atomic E-state index is 11.4. The summed E-state index contributed by atoms with van der Waals surface area (Å²) in [7, 11) is 0. The highest BCUT2D eigenvalue weighted by molar-refractivity contribution is 7.11. The fraction of sp³-hybridized carbons (Fsp3) is 0.375. The van der Waals surface area contributed by atoms with E-state index in [1.165, 1.54) is 23.0 Å². The fourth-order valence-corrected chi connectivity index (χ4v) is 1.42. The quantitative estimate of drug-likeness (QED) is 0.774. The van der Waals surface area contributed by atoms with E-state index < -0.39 is 12.0 Å². The van der Waals surface area contributed by atoms with Crippen LogP contribution in [0.2, 0.25) is 0 Å². The van der Waals surface area contributed by atoms with Crippen LogP contribution >= 0.6 is 11.3 Å². The first-order valence-electron chi connectivity index (χ1n) is 4.07. The number of hydrogen-bond acceptors (Lipinski definition) is 4. The Hall–Kier alpha value is -1.43. The molecule has 6 heteroatoms. The molecule has 0 aliphatic carbocycles. The van der Waals surface area contributed by atoms with Gasteiger partial charge in [0.15, 0.2) is 0 Å². The summed E-state index contributed by atoms with van der Waals surface area (Å²) in [4.78, 5) is 26.1. The Morgan fingerprint density at radius 3 is 2.86 bits per heavy atom. The van der Waals surface area contributed by atoms with Crippen LogP contribution in [0, 0.1) is 0 Å². The van der Waals surface area contributed by atoms with Crippen molar-refractivity contribution in [2.45, 2.75) is 19.4 Å². The maximum Gasteiger partial charge on any atom is 0.326 e. The molecule has 0 saturated heterocycles. The van der Waals surface area contributed by atoms with Crippen molar-refractivity contribution >= 4 is 23.2 Å². The summed E-state index contributed by atoms with van der Waals surface area (Å²) in [5.41, 5.74) is 1.52. The molecule has 1 heterocycles. The number of carboxylic acids is 1. The summed E-state index contributed by atoms with van der Waals surface area (Å²) < 4.78 is 0. The number of aliphatic carboxylic acids is 1. The highest BCUT2D eigenvalue weighted by atomic mass is 32.1. The zero-order valence-corrected chi connectivity index (χ0v) is 8.37. The summed E-state index contributed by atoms with van der Waals surface area (Å²) in [6, 6.07) is -0.829. The second-order valence-corrected chi connectivity index (χ2v) is 3.52. The number of carbonyl (C=O) groups is 2. The summed E-state index contributed by atoms with van der Waals surface area (Å²) in [5, 5.41) is 11.1. The summed E-state index contributed by atoms with van der Waals surface area (Å²) >= 11 is 1.18. The van der Waals surface area contributed by atoms with Gasteiger partial charge < -0.3 is 10.4 Å². The fourth-order valence-electron chi connectivity index (χ4n) is 0.896. The lowest BCUT2D eigenvalue weighted by atomic mass is 10.2. The Morgan fingerprint density at radius 2 is 2.43 bits per heavy atom. The molecule has 0 fully saturated rings. The van der Waals surface area contributed by atoms with Gasteiger partial charge in [-0.2, -0.15) is 0 Å². The van der Waals surface area contributed by atoms with Crippen LogP contribution in [0.5, 0.6) is 0 Å². The summed E-state index contributed by atoms with van der Waals surface area (Å²) in [6.45, 7) is 1.70. The Balaban J connectivity index is 2.60. The number of hydrogen-bond donors (Lipinski definition) is 2. The lowest BCUT2D eigenvalue weighted by Gasteiger charge is -2.10. The molecule has 1 amide bonds. The molecule has 1 aromatic rings. The number of carboxylic acid groups (broad SMARTS) is 1. The number of nitrogens with zero attached hydrogens (tertiary/aromatic N) is 1. The lowest BCUT2D eigenvalue weighted by Crippen LogP contribution is -2.39. The van der Waals surface area contributed by atoms with E-state index in [9.17, 15) is 9.59 Å². The molecule has 1 rings (SSSR count). The number of aromatic nitrogens is 1. The van der Waals surface area contributed by atoms with Gasteiger partial charge in [0.2, 0.25) is 0 Å². The number of amides is 1. The Kier molecular flexibility index (Phi) is 3.58. The number of carbonyl (C=O) groups excluding carboxylic acids is 1. The average molecular weight is 214 g/mol. The molecule has 0 aliphatic heterocycles. The SMILES string of the molecule is CC[C@H](NC(=O)c1cncs1)C(=O)O. The van der Waals surface area contributed by atoms with Crippen molar-refractivity contribution in [3.05, 3.63) is 16.6 Å². The van der Waals surface area contributed by atoms with Crippen LogP contribution in [-0.2, 0) is 4.79 Å². The van der Waals surface area contributed by atoms with Crippen molar-refractivity contribution in [1.82, 2.24) is 10.3 Å². The number of nitrogens with one attached hydrogen (secondary N) is 1. The normalized spacial score (nSPS) is 12.1. The highest BCUT2D eigenvalue weighted by Gasteiger charge is 2.18. The molecule has 76 valence electrons. The molecule has 0 spiro atoms. The van der Waals surface area contributed by atoms with E-state index in [1.54, 1.807) is 6.92 Å². The van der Waals surface area contributed by atoms with E-state index in [2.05, 4.69) is 10.3 Å². The molecule has 0 radical (unpaired) electrons. The van der Waals surface area contributed by atoms with Crippen LogP contribution in [0.15, 0.2) is 11.7 Å². The van der Waals surface area contributed by atoms with Crippen LogP contribution in [0.25, 0.3) is 0 Å². The molecular weight excluding hydrogens is 204 g/mol. The van der Waals surface area contributed by atoms with Crippen LogP contribution < -0.4 is 5.32 Å². The first-order chi connectivity index (χ1) is 6.65. The molecule has 2 N–H and O–H groups in total. The van der Waals surface area contributed by atoms with E-state index in [1.807, 2.05) is 0 Å². The van der Waals surface area contributed by atoms with Crippen molar-refractivity contribution < 1.29 is 14.7 Å². The van der Waals surface area contributed by atoms with Crippen molar-refractivity contribution in [2.24, 2.45) is 0 Å². The van der Waals surface area contributed by atoms with Gasteiger partial charge in [0.25, 0.3) is 5.91 Å². The van der Waals surface area contributed by atoms with Crippen LogP contribution in [0.4, 0.5) is 0 Å². The van der Waals surface area contributed by atoms with Gasteiger partial charge in [0.1, 0.15) is 10.9 Å². The molecule has 1 atom stereocenters. The smallest absolute Gasteiger partial charge is 0.326 e. The van der Waals surface area contributed by atoms with Gasteiger partial charge in [0, 0.05) is 0 Å². The van der Waals surface area contributed by atoms with E-state index in [0.29, 0.717) is 11.3 Å². The molecule has 0 aliphatic rings. The van der Waals surface area contributed by atoms with Gasteiger partial charge in [0.05, 0.1) is 11.7 Å². The first kappa shape index (κ1) is 10.6. The van der Waals surface area contributed by atoms with Crippen LogP contribution in [-0.4, -0.2) is 28.0 Å². The second-order valence-electron chi connectivity index (χ2n) is 2.64. The standard InChI is InChI=1S/C8H10N2O3S/c1-2-5(8(12)13)10-7(11)6-3-9-4-14-6/h3-5H,2H2,1H3,(H,10,11)(H,12,13)/t5-/m0/s1. The zero-order chi connectivity index (χ0) is 10.6. The molecule has 1 aromatic heterocycles. The second kappa shape index (κ2) is 4.71. The van der Waals surface area contributed by atoms with E-state index in [0.717, 1.165) is 0 Å². The van der Waals surface area contributed by atoms with Gasteiger partial charge >= 0.3 is 5.97 Å². The summed E-state index contributed by atoms with van der Waals surface area (Å²) in [5.74, 6) is -1.41. The minimum absolute atomic E-state index is 0.361. The highest BCUT2D eigenvalue weighted by Crippen LogP contribution is 2.05. The first-order valence-corrected chi connectivity index (χ1v) is 4.95. The largest absolute Gasteiger partial charge is 0.480 e. The third kappa shape index (κ3) is 2.53. The molecule has 14 heavy (non-hydrogen) atoms. The van der Waals surface area contributed by atoms with E-state index in [-0.39, 0.29) is 5.91 Å². The molecule has 5 nitrogen and oxygen atoms in total. The molecular formula is C8H10N2O3S. The van der Waals surface area contributed by atoms with E-state index >= 15 is 0 Å². The van der Waals surface area contributed by atoms with Crippen molar-refractivity contribution in [2.75, 3.05) is 0 Å². The minimum atomic E-state index is -1.02. The third-order valence-electron chi connectivity index (χ3n) is 1.67. The topological polar surface area (TPSA) is 79.3 Å². The monoisotopic (exact) mass is 214 g/mol. The number of rotatable bonds is 4. The van der Waals surface area contributed by atoms with Gasteiger partial charge in [-0.1, -0.05) is 6.92 Å². The maximum atomic E-state index is 11.4. The van der Waals surface area contributed by atoms with Crippen molar-refractivity contribution in [1.29, 1.82) is 0 Å². The molecule has 0 unspecified atom stereocenters. The van der Waals surface area contributed by atoms with Crippen LogP contribution in [0.1, 0.15) is 23.0 Å². The Labute approximate surface area is 84.8 Å². The zero-order valence-electron chi connectivity index (χ0n) is 7.56. The average Bonchev–Trinajstić information content (AvgIpc) is 2.65. The molecule has 0 bridgehead atoms. The van der Waals surface area contributed by atoms with Crippen molar-refractivity contribution in [3.8, 4) is 0 Å². The van der Waals surface area contributed by atoms with Gasteiger partial charge in [-0.15, -0.1) is 11.3 Å². The number of thiazole rings is 1. The molecule has 0 aromatic carbocycles. The minimum Gasteiger partial charge on any atom is -0.480 e. The third-order valence-corrected chi connectivity index (χ3v) is 2.44. The van der Waals surface area contributed by atoms with Gasteiger partial charge in [-0.25, -0.2) is 4.79 Å².